The maximum atomic E-state index is 12.1. The average Bonchev–Trinajstić information content (AvgIpc) is 2.73. The number of nitriles is 1. The maximum absolute atomic E-state index is 12.1. The molecule has 1 atom stereocenters. The minimum absolute atomic E-state index is 0.0666. The fraction of sp³-hybridized carbons (Fsp3) is 0.412. The molecule has 1 fully saturated rings. The number of carbonyl (C=O) groups is 1. The van der Waals surface area contributed by atoms with Crippen molar-refractivity contribution in [3.05, 3.63) is 35.2 Å². The van der Waals surface area contributed by atoms with Crippen LogP contribution in [0.3, 0.4) is 0 Å². The van der Waals surface area contributed by atoms with Gasteiger partial charge >= 0.3 is 0 Å². The molecule has 1 aliphatic heterocycles. The largest absolute Gasteiger partial charge is 0.382 e. The number of nitrogens with one attached hydrogen (secondary N) is 2. The molecule has 7 heteroatoms. The van der Waals surface area contributed by atoms with E-state index in [1.165, 1.54) is 6.20 Å². The number of nitrogens with zero attached hydrogens (tertiary/aromatic N) is 3. The Morgan fingerprint density at radius 3 is 3.04 bits per heavy atom. The molecule has 0 radical (unpaired) electrons. The summed E-state index contributed by atoms with van der Waals surface area (Å²) in [5.74, 6) is 0.594. The Labute approximate surface area is 140 Å². The molecule has 2 aliphatic rings. The number of anilines is 2. The zero-order valence-electron chi connectivity index (χ0n) is 13.4. The highest BCUT2D eigenvalue weighted by atomic mass is 16.2. The minimum Gasteiger partial charge on any atom is -0.382 e. The number of rotatable bonds is 5. The maximum Gasteiger partial charge on any atom is 0.231 e. The van der Waals surface area contributed by atoms with Crippen molar-refractivity contribution in [3.8, 4) is 6.07 Å². The molecule has 0 aromatic carbocycles. The molecule has 0 spiro atoms. The minimum atomic E-state index is -0.0666. The van der Waals surface area contributed by atoms with Gasteiger partial charge in [-0.15, -0.1) is 0 Å². The predicted octanol–water partition coefficient (Wildman–Crippen LogP) is 1.86. The monoisotopic (exact) mass is 324 g/mol. The van der Waals surface area contributed by atoms with Crippen molar-refractivity contribution in [1.82, 2.24) is 15.3 Å². The number of hydrogen-bond acceptors (Lipinski definition) is 6. The molecule has 3 rings (SSSR count). The summed E-state index contributed by atoms with van der Waals surface area (Å²) in [5.41, 5.74) is 8.08. The molecule has 1 aromatic heterocycles. The van der Waals surface area contributed by atoms with Gasteiger partial charge in [0.25, 0.3) is 0 Å². The number of nitrogen functional groups attached to an aromatic ring is 1. The lowest BCUT2D eigenvalue weighted by Gasteiger charge is -2.10. The fourth-order valence-corrected chi connectivity index (χ4v) is 3.02. The third-order valence-corrected chi connectivity index (χ3v) is 4.27. The molecule has 1 saturated heterocycles. The zero-order valence-corrected chi connectivity index (χ0v) is 13.4. The van der Waals surface area contributed by atoms with Crippen LogP contribution in [0.15, 0.2) is 29.6 Å². The van der Waals surface area contributed by atoms with Crippen molar-refractivity contribution in [2.45, 2.75) is 32.1 Å². The van der Waals surface area contributed by atoms with Gasteiger partial charge in [0, 0.05) is 12.2 Å². The summed E-state index contributed by atoms with van der Waals surface area (Å²) in [6.07, 6.45) is 10.5. The number of fused-ring (bicyclic) bond motifs is 1. The summed E-state index contributed by atoms with van der Waals surface area (Å²) >= 11 is 0. The number of nitrogens with two attached hydrogens (primary N) is 1. The summed E-state index contributed by atoms with van der Waals surface area (Å²) in [7, 11) is 0. The Morgan fingerprint density at radius 1 is 1.42 bits per heavy atom. The Morgan fingerprint density at radius 2 is 2.25 bits per heavy atom. The van der Waals surface area contributed by atoms with E-state index in [-0.39, 0.29) is 23.2 Å². The Bertz CT molecular complexity index is 746. The Hall–Kier alpha value is -2.88. The number of carbonyl (C=O) groups excluding carboxylic acids is 1. The smallest absolute Gasteiger partial charge is 0.231 e. The molecule has 4 N–H and O–H groups in total. The van der Waals surface area contributed by atoms with Crippen LogP contribution in [0.4, 0.5) is 11.8 Å². The van der Waals surface area contributed by atoms with Crippen molar-refractivity contribution in [2.75, 3.05) is 17.6 Å². The van der Waals surface area contributed by atoms with Crippen molar-refractivity contribution in [3.63, 3.8) is 0 Å². The van der Waals surface area contributed by atoms with Gasteiger partial charge in [-0.05, 0) is 37.7 Å². The van der Waals surface area contributed by atoms with Gasteiger partial charge in [0.2, 0.25) is 11.9 Å². The van der Waals surface area contributed by atoms with Crippen LogP contribution >= 0.6 is 0 Å². The van der Waals surface area contributed by atoms with E-state index in [4.69, 9.17) is 11.0 Å². The van der Waals surface area contributed by atoms with Crippen LogP contribution < -0.4 is 16.4 Å². The van der Waals surface area contributed by atoms with E-state index in [1.54, 1.807) is 0 Å². The van der Waals surface area contributed by atoms with E-state index in [0.717, 1.165) is 43.4 Å². The van der Waals surface area contributed by atoms with E-state index in [9.17, 15) is 4.79 Å². The lowest BCUT2D eigenvalue weighted by Crippen LogP contribution is -2.19. The molecule has 1 aliphatic carbocycles. The van der Waals surface area contributed by atoms with Gasteiger partial charge < -0.3 is 16.4 Å². The highest BCUT2D eigenvalue weighted by Crippen LogP contribution is 2.32. The average molecular weight is 324 g/mol. The first kappa shape index (κ1) is 16.0. The van der Waals surface area contributed by atoms with Gasteiger partial charge in [-0.1, -0.05) is 12.2 Å². The molecule has 7 nitrogen and oxygen atoms in total. The third kappa shape index (κ3) is 3.38. The van der Waals surface area contributed by atoms with Crippen LogP contribution in [-0.4, -0.2) is 22.4 Å². The summed E-state index contributed by atoms with van der Waals surface area (Å²) < 4.78 is 0. The summed E-state index contributed by atoms with van der Waals surface area (Å²) in [5, 5.41) is 14.9. The quantitative estimate of drug-likeness (QED) is 0.712. The van der Waals surface area contributed by atoms with Crippen LogP contribution in [0.2, 0.25) is 0 Å². The van der Waals surface area contributed by atoms with Gasteiger partial charge in [-0.3, -0.25) is 4.79 Å². The number of aromatic nitrogens is 2. The van der Waals surface area contributed by atoms with Gasteiger partial charge in [0.15, 0.2) is 0 Å². The SMILES string of the molecule is N#Cc1cnc(NCCCC2C(=O)NC3=CCCCC=C32)nc1N. The molecular formula is C17H20N6O. The number of amides is 1. The van der Waals surface area contributed by atoms with Crippen molar-refractivity contribution >= 4 is 17.7 Å². The number of allylic oxidation sites excluding steroid dienone is 3. The van der Waals surface area contributed by atoms with E-state index in [1.807, 2.05) is 6.07 Å². The summed E-state index contributed by atoms with van der Waals surface area (Å²) in [4.78, 5) is 20.2. The molecular weight excluding hydrogens is 304 g/mol. The van der Waals surface area contributed by atoms with Crippen molar-refractivity contribution < 1.29 is 4.79 Å². The highest BCUT2D eigenvalue weighted by molar-refractivity contribution is 5.89. The molecule has 0 bridgehead atoms. The lowest BCUT2D eigenvalue weighted by molar-refractivity contribution is -0.121. The van der Waals surface area contributed by atoms with Crippen LogP contribution in [0.5, 0.6) is 0 Å². The molecule has 1 amide bonds. The van der Waals surface area contributed by atoms with Crippen molar-refractivity contribution in [1.29, 1.82) is 5.26 Å². The van der Waals surface area contributed by atoms with Gasteiger partial charge in [0.1, 0.15) is 17.5 Å². The molecule has 1 aromatic rings. The first-order chi connectivity index (χ1) is 11.7. The van der Waals surface area contributed by atoms with E-state index >= 15 is 0 Å². The molecule has 0 saturated carbocycles. The van der Waals surface area contributed by atoms with Gasteiger partial charge in [-0.2, -0.15) is 10.2 Å². The lowest BCUT2D eigenvalue weighted by atomic mass is 9.94. The molecule has 2 heterocycles. The normalized spacial score (nSPS) is 19.5. The van der Waals surface area contributed by atoms with Crippen molar-refractivity contribution in [2.24, 2.45) is 5.92 Å². The Kier molecular flexibility index (Phi) is 4.75. The second-order valence-electron chi connectivity index (χ2n) is 5.92. The summed E-state index contributed by atoms with van der Waals surface area (Å²) in [6, 6.07) is 1.93. The zero-order chi connectivity index (χ0) is 16.9. The van der Waals surface area contributed by atoms with Gasteiger partial charge in [-0.25, -0.2) is 4.98 Å². The van der Waals surface area contributed by atoms with E-state index in [2.05, 4.69) is 32.8 Å². The van der Waals surface area contributed by atoms with Crippen LogP contribution in [0.25, 0.3) is 0 Å². The number of hydrogen-bond donors (Lipinski definition) is 3. The van der Waals surface area contributed by atoms with Gasteiger partial charge in [0.05, 0.1) is 12.1 Å². The first-order valence-electron chi connectivity index (χ1n) is 8.17. The van der Waals surface area contributed by atoms with Crippen LogP contribution in [0.1, 0.15) is 37.7 Å². The third-order valence-electron chi connectivity index (χ3n) is 4.27. The second kappa shape index (κ2) is 7.13. The highest BCUT2D eigenvalue weighted by Gasteiger charge is 2.32. The predicted molar refractivity (Wildman–Crippen MR) is 90.5 cm³/mol. The summed E-state index contributed by atoms with van der Waals surface area (Å²) in [6.45, 7) is 0.640. The molecule has 1 unspecified atom stereocenters. The Balaban J connectivity index is 1.53. The second-order valence-corrected chi connectivity index (χ2v) is 5.92. The standard InChI is InChI=1S/C17H20N6O/c18-9-11-10-21-17(23-15(11)19)20-8-4-6-13-12-5-2-1-3-7-14(12)22-16(13)24/h5,7,10,13H,1-4,6,8H2,(H,22,24)(H3,19,20,21,23). The van der Waals surface area contributed by atoms with E-state index in [0.29, 0.717) is 12.5 Å². The van der Waals surface area contributed by atoms with Crippen LogP contribution in [-0.2, 0) is 4.79 Å². The molecule has 24 heavy (non-hydrogen) atoms. The molecule has 124 valence electrons. The first-order valence-corrected chi connectivity index (χ1v) is 8.17. The topological polar surface area (TPSA) is 117 Å². The van der Waals surface area contributed by atoms with Crippen LogP contribution in [0, 0.1) is 17.2 Å². The fourth-order valence-electron chi connectivity index (χ4n) is 3.02. The van der Waals surface area contributed by atoms with E-state index < -0.39 is 0 Å².